The number of nitrogens with zero attached hydrogens (tertiary/aromatic N) is 4. The Kier molecular flexibility index (Phi) is 7.04. The maximum atomic E-state index is 12.2. The van der Waals surface area contributed by atoms with Gasteiger partial charge in [-0.2, -0.15) is 0 Å². The zero-order valence-electron chi connectivity index (χ0n) is 15.7. The fourth-order valence-corrected chi connectivity index (χ4v) is 3.03. The van der Waals surface area contributed by atoms with Gasteiger partial charge >= 0.3 is 6.09 Å². The molecule has 0 saturated carbocycles. The van der Waals surface area contributed by atoms with E-state index in [1.807, 2.05) is 35.2 Å². The first-order valence-corrected chi connectivity index (χ1v) is 8.76. The minimum absolute atomic E-state index is 0.344. The molecule has 1 fully saturated rings. The average Bonchev–Trinajstić information content (AvgIpc) is 2.60. The largest absolute Gasteiger partial charge is 0.444 e. The molecule has 0 spiro atoms. The summed E-state index contributed by atoms with van der Waals surface area (Å²) in [6.45, 7) is 6.61. The van der Waals surface area contributed by atoms with Gasteiger partial charge in [-0.05, 0) is 32.7 Å². The van der Waals surface area contributed by atoms with E-state index < -0.39 is 30.0 Å². The Balaban J connectivity index is 2.16. The molecule has 1 aliphatic rings. The van der Waals surface area contributed by atoms with Crippen molar-refractivity contribution in [1.29, 1.82) is 0 Å². The van der Waals surface area contributed by atoms with Gasteiger partial charge in [0.2, 0.25) is 0 Å². The van der Waals surface area contributed by atoms with E-state index in [1.54, 1.807) is 20.8 Å². The highest BCUT2D eigenvalue weighted by Gasteiger charge is 2.35. The van der Waals surface area contributed by atoms with Gasteiger partial charge in [0.05, 0.1) is 12.1 Å². The molecule has 0 aromatic heterocycles. The second-order valence-electron chi connectivity index (χ2n) is 7.30. The van der Waals surface area contributed by atoms with Gasteiger partial charge in [0.25, 0.3) is 6.47 Å². The Bertz CT molecular complexity index is 685. The van der Waals surface area contributed by atoms with Crippen LogP contribution < -0.4 is 5.32 Å². The topological polar surface area (TPSA) is 117 Å². The molecule has 146 valence electrons. The number of carbonyl (C=O) groups excluding carboxylic acids is 2. The zero-order valence-corrected chi connectivity index (χ0v) is 15.7. The predicted octanol–water partition coefficient (Wildman–Crippen LogP) is 3.14. The first-order valence-electron chi connectivity index (χ1n) is 8.76. The monoisotopic (exact) mass is 375 g/mol. The van der Waals surface area contributed by atoms with Crippen molar-refractivity contribution in [3.63, 3.8) is 0 Å². The lowest BCUT2D eigenvalue weighted by molar-refractivity contribution is -0.146. The lowest BCUT2D eigenvalue weighted by Gasteiger charge is -2.40. The van der Waals surface area contributed by atoms with E-state index in [4.69, 9.17) is 15.0 Å². The first-order chi connectivity index (χ1) is 12.8. The number of carbonyl (C=O) groups is 2. The molecule has 9 nitrogen and oxygen atoms in total. The third-order valence-corrected chi connectivity index (χ3v) is 4.11. The Labute approximate surface area is 158 Å². The van der Waals surface area contributed by atoms with E-state index >= 15 is 0 Å². The normalized spacial score (nSPS) is 21.4. The van der Waals surface area contributed by atoms with Crippen molar-refractivity contribution in [3.8, 4) is 0 Å². The van der Waals surface area contributed by atoms with Crippen molar-refractivity contribution in [2.24, 2.45) is 5.11 Å². The summed E-state index contributed by atoms with van der Waals surface area (Å²) in [4.78, 5) is 28.0. The highest BCUT2D eigenvalue weighted by molar-refractivity contribution is 5.68. The van der Waals surface area contributed by atoms with Crippen LogP contribution in [0.5, 0.6) is 0 Å². The number of alkyl carbamates (subject to hydrolysis) is 1. The standard InChI is InChI=1S/C18H25N5O4/c1-18(2,3)27-17(25)20-15-11-23(10-9-14(15)21-22-19)16(26-12-24)13-7-5-4-6-8-13/h4-8,12,14-16H,9-11H2,1-3H3,(H,20,25). The molecule has 1 aromatic carbocycles. The summed E-state index contributed by atoms with van der Waals surface area (Å²) in [5, 5.41) is 6.58. The molecule has 3 unspecified atom stereocenters. The van der Waals surface area contributed by atoms with Crippen LogP contribution in [-0.2, 0) is 14.3 Å². The Morgan fingerprint density at radius 3 is 2.70 bits per heavy atom. The maximum absolute atomic E-state index is 12.2. The molecule has 1 aromatic rings. The summed E-state index contributed by atoms with van der Waals surface area (Å²) in [6, 6.07) is 8.45. The van der Waals surface area contributed by atoms with Crippen molar-refractivity contribution in [2.75, 3.05) is 13.1 Å². The fourth-order valence-electron chi connectivity index (χ4n) is 3.03. The van der Waals surface area contributed by atoms with Crippen molar-refractivity contribution in [1.82, 2.24) is 10.2 Å². The van der Waals surface area contributed by atoms with Crippen LogP contribution in [0.2, 0.25) is 0 Å². The number of hydrogen-bond acceptors (Lipinski definition) is 6. The molecule has 1 N–H and O–H groups in total. The smallest absolute Gasteiger partial charge is 0.407 e. The number of amides is 1. The van der Waals surface area contributed by atoms with Gasteiger partial charge in [-0.3, -0.25) is 9.69 Å². The van der Waals surface area contributed by atoms with E-state index in [1.165, 1.54) is 0 Å². The third-order valence-electron chi connectivity index (χ3n) is 4.11. The van der Waals surface area contributed by atoms with E-state index in [0.29, 0.717) is 26.0 Å². The predicted molar refractivity (Wildman–Crippen MR) is 98.6 cm³/mol. The average molecular weight is 375 g/mol. The number of benzene rings is 1. The Morgan fingerprint density at radius 2 is 2.11 bits per heavy atom. The van der Waals surface area contributed by atoms with Crippen LogP contribution in [0, 0.1) is 0 Å². The highest BCUT2D eigenvalue weighted by atomic mass is 16.6. The van der Waals surface area contributed by atoms with E-state index in [2.05, 4.69) is 15.3 Å². The zero-order chi connectivity index (χ0) is 19.9. The summed E-state index contributed by atoms with van der Waals surface area (Å²) in [7, 11) is 0. The molecule has 1 heterocycles. The lowest BCUT2D eigenvalue weighted by Crippen LogP contribution is -2.56. The van der Waals surface area contributed by atoms with E-state index in [0.717, 1.165) is 5.56 Å². The quantitative estimate of drug-likeness (QED) is 0.355. The summed E-state index contributed by atoms with van der Waals surface area (Å²) in [5.41, 5.74) is 9.01. The van der Waals surface area contributed by atoms with Gasteiger partial charge in [0.1, 0.15) is 5.60 Å². The fraction of sp³-hybridized carbons (Fsp3) is 0.556. The number of nitrogens with one attached hydrogen (secondary N) is 1. The van der Waals surface area contributed by atoms with Gasteiger partial charge < -0.3 is 14.8 Å². The molecule has 1 saturated heterocycles. The van der Waals surface area contributed by atoms with Crippen molar-refractivity contribution in [2.45, 2.75) is 51.1 Å². The summed E-state index contributed by atoms with van der Waals surface area (Å²) < 4.78 is 10.6. The molecular formula is C18H25N5O4. The molecular weight excluding hydrogens is 350 g/mol. The second-order valence-corrected chi connectivity index (χ2v) is 7.30. The number of ether oxygens (including phenoxy) is 2. The van der Waals surface area contributed by atoms with Crippen LogP contribution >= 0.6 is 0 Å². The molecule has 1 aliphatic heterocycles. The maximum Gasteiger partial charge on any atom is 0.407 e. The molecule has 0 aliphatic carbocycles. The van der Waals surface area contributed by atoms with Crippen LogP contribution in [0.4, 0.5) is 4.79 Å². The number of hydrogen-bond donors (Lipinski definition) is 1. The molecule has 2 rings (SSSR count). The number of rotatable bonds is 6. The summed E-state index contributed by atoms with van der Waals surface area (Å²) >= 11 is 0. The lowest BCUT2D eigenvalue weighted by atomic mass is 9.99. The van der Waals surface area contributed by atoms with Crippen LogP contribution in [-0.4, -0.2) is 48.2 Å². The second kappa shape index (κ2) is 9.25. The van der Waals surface area contributed by atoms with Crippen LogP contribution in [0.1, 0.15) is 39.0 Å². The summed E-state index contributed by atoms with van der Waals surface area (Å²) in [6.07, 6.45) is -0.658. The summed E-state index contributed by atoms with van der Waals surface area (Å²) in [5.74, 6) is 0. The molecule has 3 atom stereocenters. The van der Waals surface area contributed by atoms with Crippen LogP contribution in [0.3, 0.4) is 0 Å². The molecule has 1 amide bonds. The molecule has 0 radical (unpaired) electrons. The molecule has 0 bridgehead atoms. The van der Waals surface area contributed by atoms with Gasteiger partial charge in [0.15, 0.2) is 6.23 Å². The van der Waals surface area contributed by atoms with Crippen LogP contribution in [0.25, 0.3) is 10.4 Å². The van der Waals surface area contributed by atoms with Gasteiger partial charge in [-0.25, -0.2) is 4.79 Å². The molecule has 9 heteroatoms. The van der Waals surface area contributed by atoms with E-state index in [9.17, 15) is 9.59 Å². The van der Waals surface area contributed by atoms with Gasteiger partial charge in [-0.1, -0.05) is 35.4 Å². The number of azide groups is 1. The van der Waals surface area contributed by atoms with Crippen LogP contribution in [0.15, 0.2) is 35.4 Å². The van der Waals surface area contributed by atoms with Gasteiger partial charge in [0, 0.05) is 23.6 Å². The number of likely N-dealkylation sites (tertiary alicyclic amines) is 1. The third kappa shape index (κ3) is 6.16. The van der Waals surface area contributed by atoms with Crippen molar-refractivity contribution in [3.05, 3.63) is 46.3 Å². The number of piperidine rings is 1. The minimum atomic E-state index is -0.639. The highest BCUT2D eigenvalue weighted by Crippen LogP contribution is 2.26. The SMILES string of the molecule is CC(C)(C)OC(=O)NC1CN(C(OC=O)c2ccccc2)CCC1N=[N+]=[N-]. The Hall–Kier alpha value is -2.77. The molecule has 27 heavy (non-hydrogen) atoms. The van der Waals surface area contributed by atoms with Crippen molar-refractivity contribution >= 4 is 12.6 Å². The van der Waals surface area contributed by atoms with Gasteiger partial charge in [-0.15, -0.1) is 0 Å². The van der Waals surface area contributed by atoms with E-state index in [-0.39, 0.29) is 0 Å². The minimum Gasteiger partial charge on any atom is -0.444 e. The Morgan fingerprint density at radius 1 is 1.41 bits per heavy atom. The van der Waals surface area contributed by atoms with Crippen molar-refractivity contribution < 1.29 is 19.1 Å². The first kappa shape index (κ1) is 20.5.